The van der Waals surface area contributed by atoms with Crippen LogP contribution in [0.5, 0.6) is 0 Å². The van der Waals surface area contributed by atoms with E-state index in [1.54, 1.807) is 0 Å². The van der Waals surface area contributed by atoms with E-state index < -0.39 is 35.3 Å². The van der Waals surface area contributed by atoms with Crippen LogP contribution in [0.1, 0.15) is 17.6 Å². The van der Waals surface area contributed by atoms with E-state index >= 15 is 0 Å². The van der Waals surface area contributed by atoms with Gasteiger partial charge in [-0.25, -0.2) is 13.8 Å². The minimum atomic E-state index is -2.98. The van der Waals surface area contributed by atoms with Crippen molar-refractivity contribution in [2.75, 3.05) is 7.11 Å². The van der Waals surface area contributed by atoms with Crippen molar-refractivity contribution in [3.63, 3.8) is 0 Å². The summed E-state index contributed by atoms with van der Waals surface area (Å²) in [6, 6.07) is 0. The van der Waals surface area contributed by atoms with Crippen LogP contribution in [0.3, 0.4) is 0 Å². The second-order valence-corrected chi connectivity index (χ2v) is 3.23. The zero-order chi connectivity index (χ0) is 12.3. The molecule has 7 heteroatoms. The summed E-state index contributed by atoms with van der Waals surface area (Å²) in [4.78, 5) is 14.1. The van der Waals surface area contributed by atoms with Crippen LogP contribution in [0.25, 0.3) is 0 Å². The lowest BCUT2D eigenvalue weighted by molar-refractivity contribution is -0.139. The normalized spacial score (nSPS) is 10.6. The van der Waals surface area contributed by atoms with E-state index in [-0.39, 0.29) is 5.56 Å². The van der Waals surface area contributed by atoms with E-state index in [0.29, 0.717) is 0 Å². The second-order valence-electron chi connectivity index (χ2n) is 2.86. The number of aromatic nitrogens is 1. The Labute approximate surface area is 94.2 Å². The van der Waals surface area contributed by atoms with Gasteiger partial charge in [-0.05, 0) is 5.56 Å². The summed E-state index contributed by atoms with van der Waals surface area (Å²) < 4.78 is 42.3. The van der Waals surface area contributed by atoms with Crippen molar-refractivity contribution >= 4 is 17.6 Å². The zero-order valence-electron chi connectivity index (χ0n) is 8.14. The first-order valence-electron chi connectivity index (χ1n) is 4.15. The van der Waals surface area contributed by atoms with Crippen molar-refractivity contribution in [1.82, 2.24) is 4.98 Å². The Bertz CT molecular complexity index is 412. The zero-order valence-corrected chi connectivity index (χ0v) is 8.89. The molecule has 1 aromatic heterocycles. The van der Waals surface area contributed by atoms with Crippen molar-refractivity contribution < 1.29 is 22.7 Å². The van der Waals surface area contributed by atoms with Gasteiger partial charge in [-0.1, -0.05) is 11.6 Å². The van der Waals surface area contributed by atoms with Crippen LogP contribution in [-0.4, -0.2) is 18.1 Å². The lowest BCUT2D eigenvalue weighted by Gasteiger charge is -2.09. The lowest BCUT2D eigenvalue weighted by Crippen LogP contribution is -2.09. The maximum absolute atomic E-state index is 12.8. The predicted octanol–water partition coefficient (Wildman–Crippen LogP) is 2.53. The molecule has 0 aliphatic carbocycles. The average Bonchev–Trinajstić information content (AvgIpc) is 2.23. The van der Waals surface area contributed by atoms with Gasteiger partial charge in [0.1, 0.15) is 5.02 Å². The predicted molar refractivity (Wildman–Crippen MR) is 49.9 cm³/mol. The molecule has 0 spiro atoms. The van der Waals surface area contributed by atoms with E-state index in [2.05, 4.69) is 9.72 Å². The Morgan fingerprint density at radius 3 is 2.75 bits per heavy atom. The van der Waals surface area contributed by atoms with E-state index in [1.807, 2.05) is 0 Å². The van der Waals surface area contributed by atoms with Crippen LogP contribution in [-0.2, 0) is 16.0 Å². The molecule has 0 saturated heterocycles. The molecule has 0 unspecified atom stereocenters. The number of hydrogen-bond acceptors (Lipinski definition) is 3. The van der Waals surface area contributed by atoms with Gasteiger partial charge in [-0.15, -0.1) is 0 Å². The first kappa shape index (κ1) is 12.8. The summed E-state index contributed by atoms with van der Waals surface area (Å²) in [7, 11) is 1.11. The minimum Gasteiger partial charge on any atom is -0.469 e. The fourth-order valence-corrected chi connectivity index (χ4v) is 1.37. The minimum absolute atomic E-state index is 0.145. The standard InChI is InChI=1S/C9H7ClF3NO2/c1-16-5(15)2-4-3-14-9(13)7(10)6(4)8(11)12/h3,8H,2H2,1H3. The van der Waals surface area contributed by atoms with Gasteiger partial charge in [-0.2, -0.15) is 4.39 Å². The summed E-state index contributed by atoms with van der Waals surface area (Å²) in [6.07, 6.45) is -2.56. The highest BCUT2D eigenvalue weighted by atomic mass is 35.5. The molecule has 3 nitrogen and oxygen atoms in total. The van der Waals surface area contributed by atoms with Gasteiger partial charge in [0.15, 0.2) is 0 Å². The summed E-state index contributed by atoms with van der Waals surface area (Å²) in [6.45, 7) is 0. The van der Waals surface area contributed by atoms with Crippen molar-refractivity contribution in [2.45, 2.75) is 12.8 Å². The SMILES string of the molecule is COC(=O)Cc1cnc(F)c(Cl)c1C(F)F. The highest BCUT2D eigenvalue weighted by Crippen LogP contribution is 2.31. The smallest absolute Gasteiger partial charge is 0.310 e. The Morgan fingerprint density at radius 1 is 1.62 bits per heavy atom. The molecule has 0 bridgehead atoms. The molecular formula is C9H7ClF3NO2. The highest BCUT2D eigenvalue weighted by molar-refractivity contribution is 6.31. The van der Waals surface area contributed by atoms with E-state index in [9.17, 15) is 18.0 Å². The Morgan fingerprint density at radius 2 is 2.25 bits per heavy atom. The molecule has 0 amide bonds. The molecule has 1 rings (SSSR count). The number of alkyl halides is 2. The lowest BCUT2D eigenvalue weighted by atomic mass is 10.1. The van der Waals surface area contributed by atoms with Crippen molar-refractivity contribution in [2.24, 2.45) is 0 Å². The summed E-state index contributed by atoms with van der Waals surface area (Å²) in [5, 5.41) is -0.767. The summed E-state index contributed by atoms with van der Waals surface area (Å²) in [5.74, 6) is -1.92. The molecule has 16 heavy (non-hydrogen) atoms. The Balaban J connectivity index is 3.18. The maximum atomic E-state index is 12.8. The summed E-state index contributed by atoms with van der Waals surface area (Å²) >= 11 is 5.35. The van der Waals surface area contributed by atoms with Gasteiger partial charge >= 0.3 is 5.97 Å². The third kappa shape index (κ3) is 2.63. The first-order chi connectivity index (χ1) is 7.47. The van der Waals surface area contributed by atoms with Gasteiger partial charge in [0.05, 0.1) is 13.5 Å². The molecule has 0 N–H and O–H groups in total. The molecule has 0 radical (unpaired) electrons. The van der Waals surface area contributed by atoms with E-state index in [1.165, 1.54) is 0 Å². The number of carbonyl (C=O) groups is 1. The topological polar surface area (TPSA) is 39.2 Å². The number of ether oxygens (including phenoxy) is 1. The molecule has 88 valence electrons. The van der Waals surface area contributed by atoms with Crippen LogP contribution in [0, 0.1) is 5.95 Å². The number of methoxy groups -OCH3 is 1. The molecule has 1 aromatic rings. The molecule has 0 fully saturated rings. The van der Waals surface area contributed by atoms with Gasteiger partial charge in [-0.3, -0.25) is 4.79 Å². The molecular weight excluding hydrogens is 247 g/mol. The second kappa shape index (κ2) is 5.16. The number of halogens is 4. The highest BCUT2D eigenvalue weighted by Gasteiger charge is 2.22. The fourth-order valence-electron chi connectivity index (χ4n) is 1.12. The van der Waals surface area contributed by atoms with Crippen molar-refractivity contribution in [3.05, 3.63) is 28.3 Å². The van der Waals surface area contributed by atoms with Gasteiger partial charge < -0.3 is 4.74 Å². The van der Waals surface area contributed by atoms with Gasteiger partial charge in [0.25, 0.3) is 6.43 Å². The molecule has 0 saturated carbocycles. The van der Waals surface area contributed by atoms with Crippen LogP contribution in [0.4, 0.5) is 13.2 Å². The molecule has 1 heterocycles. The van der Waals surface area contributed by atoms with Crippen LogP contribution in [0.2, 0.25) is 5.02 Å². The Kier molecular flexibility index (Phi) is 4.12. The fraction of sp³-hybridized carbons (Fsp3) is 0.333. The molecule has 0 aliphatic rings. The number of carbonyl (C=O) groups excluding carboxylic acids is 1. The maximum Gasteiger partial charge on any atom is 0.310 e. The molecule has 0 aliphatic heterocycles. The van der Waals surface area contributed by atoms with Crippen molar-refractivity contribution in [3.8, 4) is 0 Å². The third-order valence-corrected chi connectivity index (χ3v) is 2.24. The van der Waals surface area contributed by atoms with Gasteiger partial charge in [0, 0.05) is 11.8 Å². The number of esters is 1. The third-order valence-electron chi connectivity index (χ3n) is 1.88. The number of pyridine rings is 1. The Hall–Kier alpha value is -1.30. The van der Waals surface area contributed by atoms with Gasteiger partial charge in [0.2, 0.25) is 5.95 Å². The number of rotatable bonds is 3. The van der Waals surface area contributed by atoms with Crippen LogP contribution >= 0.6 is 11.6 Å². The quantitative estimate of drug-likeness (QED) is 0.614. The van der Waals surface area contributed by atoms with E-state index in [4.69, 9.17) is 11.6 Å². The monoisotopic (exact) mass is 253 g/mol. The van der Waals surface area contributed by atoms with Crippen molar-refractivity contribution in [1.29, 1.82) is 0 Å². The largest absolute Gasteiger partial charge is 0.469 e. The molecule has 0 aromatic carbocycles. The van der Waals surface area contributed by atoms with Crippen LogP contribution < -0.4 is 0 Å². The summed E-state index contributed by atoms with van der Waals surface area (Å²) in [5.41, 5.74) is -0.868. The molecule has 0 atom stereocenters. The van der Waals surface area contributed by atoms with E-state index in [0.717, 1.165) is 13.3 Å². The average molecular weight is 254 g/mol. The number of hydrogen-bond donors (Lipinski definition) is 0. The number of nitrogens with zero attached hydrogens (tertiary/aromatic N) is 1. The van der Waals surface area contributed by atoms with Crippen LogP contribution in [0.15, 0.2) is 6.20 Å². The first-order valence-corrected chi connectivity index (χ1v) is 4.53.